The highest BCUT2D eigenvalue weighted by Crippen LogP contribution is 2.29. The van der Waals surface area contributed by atoms with Gasteiger partial charge in [-0.1, -0.05) is 0 Å². The highest BCUT2D eigenvalue weighted by Gasteiger charge is 2.20. The highest BCUT2D eigenvalue weighted by molar-refractivity contribution is 7.17. The monoisotopic (exact) mass is 318 g/mol. The van der Waals surface area contributed by atoms with Gasteiger partial charge >= 0.3 is 0 Å². The lowest BCUT2D eigenvalue weighted by molar-refractivity contribution is -0.00268. The van der Waals surface area contributed by atoms with E-state index in [-0.39, 0.29) is 0 Å². The number of nitrogens with one attached hydrogen (secondary N) is 1. The molecule has 0 aromatic carbocycles. The minimum Gasteiger partial charge on any atom is -0.385 e. The number of aromatic nitrogens is 1. The van der Waals surface area contributed by atoms with Gasteiger partial charge in [0, 0.05) is 17.5 Å². The van der Waals surface area contributed by atoms with Crippen LogP contribution in [0.5, 0.6) is 0 Å². The Morgan fingerprint density at radius 3 is 2.90 bits per heavy atom. The van der Waals surface area contributed by atoms with E-state index >= 15 is 0 Å². The quantitative estimate of drug-likeness (QED) is 0.890. The predicted molar refractivity (Wildman–Crippen MR) is 74.5 cm³/mol. The molecule has 108 valence electrons. The first-order valence-corrected chi connectivity index (χ1v) is 7.49. The van der Waals surface area contributed by atoms with E-state index in [0.29, 0.717) is 15.6 Å². The molecule has 4 nitrogen and oxygen atoms in total. The number of aliphatic hydroxyl groups is 1. The molecule has 1 atom stereocenters. The Morgan fingerprint density at radius 1 is 1.55 bits per heavy atom. The van der Waals surface area contributed by atoms with Crippen LogP contribution < -0.4 is 5.32 Å². The zero-order chi connectivity index (χ0) is 14.7. The van der Waals surface area contributed by atoms with Gasteiger partial charge in [0.05, 0.1) is 5.69 Å². The average molecular weight is 318 g/mol. The lowest BCUT2D eigenvalue weighted by atomic mass is 10.3. The van der Waals surface area contributed by atoms with Crippen molar-refractivity contribution in [1.82, 2.24) is 10.3 Å². The molecule has 0 fully saturated rings. The van der Waals surface area contributed by atoms with Crippen molar-refractivity contribution in [2.75, 3.05) is 6.54 Å². The number of hydrogen-bond donors (Lipinski definition) is 2. The summed E-state index contributed by atoms with van der Waals surface area (Å²) in [5, 5.41) is 15.8. The first-order chi connectivity index (χ1) is 9.49. The van der Waals surface area contributed by atoms with E-state index in [1.165, 1.54) is 22.7 Å². The van der Waals surface area contributed by atoms with E-state index in [2.05, 4.69) is 10.3 Å². The maximum absolute atomic E-state index is 12.1. The van der Waals surface area contributed by atoms with Crippen LogP contribution in [0.2, 0.25) is 0 Å². The molecule has 2 aromatic rings. The van der Waals surface area contributed by atoms with Crippen molar-refractivity contribution in [3.05, 3.63) is 27.4 Å². The van der Waals surface area contributed by atoms with Crippen molar-refractivity contribution < 1.29 is 18.7 Å². The highest BCUT2D eigenvalue weighted by atomic mass is 32.1. The van der Waals surface area contributed by atoms with Crippen LogP contribution in [0.1, 0.15) is 15.4 Å². The number of halogens is 2. The summed E-state index contributed by atoms with van der Waals surface area (Å²) >= 11 is 2.72. The second-order valence-electron chi connectivity index (χ2n) is 4.06. The number of amides is 1. The second kappa shape index (κ2) is 6.38. The molecule has 2 heterocycles. The number of thiazole rings is 1. The summed E-state index contributed by atoms with van der Waals surface area (Å²) < 4.78 is 24.3. The molecule has 2 N–H and O–H groups in total. The largest absolute Gasteiger partial charge is 0.385 e. The summed E-state index contributed by atoms with van der Waals surface area (Å²) in [6.45, 7) is 1.20. The number of carbonyl (C=O) groups excluding carboxylic acids is 1. The van der Waals surface area contributed by atoms with E-state index in [0.717, 1.165) is 5.56 Å². The van der Waals surface area contributed by atoms with Gasteiger partial charge in [-0.25, -0.2) is 13.8 Å². The number of carbonyl (C=O) groups is 1. The Balaban J connectivity index is 2.07. The minimum atomic E-state index is -2.88. The summed E-state index contributed by atoms with van der Waals surface area (Å²) in [4.78, 5) is 16.5. The molecule has 0 saturated heterocycles. The van der Waals surface area contributed by atoms with Gasteiger partial charge < -0.3 is 10.4 Å². The average Bonchev–Trinajstić information content (AvgIpc) is 3.04. The maximum atomic E-state index is 12.1. The summed E-state index contributed by atoms with van der Waals surface area (Å²) in [6.07, 6.45) is -4.73. The molecule has 0 saturated carbocycles. The van der Waals surface area contributed by atoms with Crippen LogP contribution in [0.4, 0.5) is 8.78 Å². The molecular formula is C12H12F2N2O2S2. The molecule has 1 amide bonds. The van der Waals surface area contributed by atoms with Crippen LogP contribution in [0.15, 0.2) is 16.8 Å². The molecule has 20 heavy (non-hydrogen) atoms. The van der Waals surface area contributed by atoms with Crippen LogP contribution >= 0.6 is 22.7 Å². The van der Waals surface area contributed by atoms with Crippen molar-refractivity contribution in [1.29, 1.82) is 0 Å². The van der Waals surface area contributed by atoms with Crippen LogP contribution in [-0.4, -0.2) is 35.1 Å². The Hall–Kier alpha value is -1.38. The normalized spacial score (nSPS) is 12.7. The zero-order valence-corrected chi connectivity index (χ0v) is 12.1. The van der Waals surface area contributed by atoms with E-state index in [4.69, 9.17) is 5.11 Å². The van der Waals surface area contributed by atoms with Crippen LogP contribution in [0.25, 0.3) is 10.6 Å². The van der Waals surface area contributed by atoms with Crippen molar-refractivity contribution in [3.8, 4) is 10.6 Å². The lowest BCUT2D eigenvalue weighted by Gasteiger charge is -2.09. The molecular weight excluding hydrogens is 306 g/mol. The van der Waals surface area contributed by atoms with Gasteiger partial charge in [0.15, 0.2) is 0 Å². The predicted octanol–water partition coefficient (Wildman–Crippen LogP) is 2.54. The number of hydrogen-bond acceptors (Lipinski definition) is 5. The molecule has 2 rings (SSSR count). The van der Waals surface area contributed by atoms with Gasteiger partial charge in [-0.05, 0) is 18.4 Å². The fourth-order valence-corrected chi connectivity index (χ4v) is 3.18. The number of aliphatic hydroxyl groups excluding tert-OH is 1. The molecule has 0 bridgehead atoms. The van der Waals surface area contributed by atoms with Crippen LogP contribution in [0, 0.1) is 6.92 Å². The van der Waals surface area contributed by atoms with E-state index in [1.54, 1.807) is 6.92 Å². The Bertz CT molecular complexity index is 584. The molecule has 0 aliphatic carbocycles. The van der Waals surface area contributed by atoms with Gasteiger partial charge in [0.2, 0.25) is 0 Å². The van der Waals surface area contributed by atoms with Crippen molar-refractivity contribution in [2.45, 2.75) is 19.5 Å². The van der Waals surface area contributed by atoms with Crippen molar-refractivity contribution in [3.63, 3.8) is 0 Å². The first-order valence-electron chi connectivity index (χ1n) is 5.73. The van der Waals surface area contributed by atoms with Gasteiger partial charge in [0.1, 0.15) is 16.0 Å². The van der Waals surface area contributed by atoms with Gasteiger partial charge in [-0.15, -0.1) is 11.3 Å². The van der Waals surface area contributed by atoms with Crippen LogP contribution in [-0.2, 0) is 0 Å². The molecule has 0 aliphatic rings. The molecule has 2 aromatic heterocycles. The third-order valence-corrected chi connectivity index (χ3v) is 4.42. The van der Waals surface area contributed by atoms with Gasteiger partial charge in [0.25, 0.3) is 12.3 Å². The zero-order valence-electron chi connectivity index (χ0n) is 10.5. The van der Waals surface area contributed by atoms with Crippen LogP contribution in [0.3, 0.4) is 0 Å². The SMILES string of the molecule is Cc1nc(-c2ccsc2)sc1C(=O)NCC(O)C(F)F. The minimum absolute atomic E-state index is 0.368. The smallest absolute Gasteiger partial charge is 0.265 e. The van der Waals surface area contributed by atoms with E-state index < -0.39 is 25.0 Å². The number of thiophene rings is 1. The molecule has 0 aliphatic heterocycles. The van der Waals surface area contributed by atoms with Gasteiger partial charge in [-0.2, -0.15) is 11.3 Å². The Morgan fingerprint density at radius 2 is 2.30 bits per heavy atom. The molecule has 0 radical (unpaired) electrons. The summed E-state index contributed by atoms with van der Waals surface area (Å²) in [7, 11) is 0. The Labute approximate surface area is 122 Å². The first kappa shape index (κ1) is 15.0. The maximum Gasteiger partial charge on any atom is 0.265 e. The molecule has 8 heteroatoms. The third-order valence-electron chi connectivity index (χ3n) is 2.53. The third kappa shape index (κ3) is 3.38. The second-order valence-corrected chi connectivity index (χ2v) is 5.84. The fraction of sp³-hybridized carbons (Fsp3) is 0.333. The standard InChI is InChI=1S/C12H12F2N2O2S2/c1-6-9(11(18)15-4-8(17)10(13)14)20-12(16-6)7-2-3-19-5-7/h2-3,5,8,10,17H,4H2,1H3,(H,15,18). The summed E-state index contributed by atoms with van der Waals surface area (Å²) in [5.41, 5.74) is 1.47. The molecule has 0 spiro atoms. The van der Waals surface area contributed by atoms with Crippen molar-refractivity contribution >= 4 is 28.6 Å². The number of alkyl halides is 2. The Kier molecular flexibility index (Phi) is 4.79. The molecule has 1 unspecified atom stereocenters. The summed E-state index contributed by atoms with van der Waals surface area (Å²) in [6, 6.07) is 1.89. The van der Waals surface area contributed by atoms with Crippen molar-refractivity contribution in [2.24, 2.45) is 0 Å². The number of nitrogens with zero attached hydrogens (tertiary/aromatic N) is 1. The lowest BCUT2D eigenvalue weighted by Crippen LogP contribution is -2.35. The summed E-state index contributed by atoms with van der Waals surface area (Å²) in [5.74, 6) is -0.499. The van der Waals surface area contributed by atoms with E-state index in [1.807, 2.05) is 16.8 Å². The topological polar surface area (TPSA) is 62.2 Å². The fourth-order valence-electron chi connectivity index (χ4n) is 1.48. The van der Waals surface area contributed by atoms with Gasteiger partial charge in [-0.3, -0.25) is 4.79 Å². The number of rotatable bonds is 5. The number of aryl methyl sites for hydroxylation is 1. The van der Waals surface area contributed by atoms with E-state index in [9.17, 15) is 13.6 Å².